The van der Waals surface area contributed by atoms with Gasteiger partial charge in [0.15, 0.2) is 0 Å². The predicted octanol–water partition coefficient (Wildman–Crippen LogP) is 2.57. The molecule has 0 saturated carbocycles. The third kappa shape index (κ3) is 6.08. The Labute approximate surface area is 154 Å². The summed E-state index contributed by atoms with van der Waals surface area (Å²) in [5, 5.41) is 9.00. The zero-order valence-electron chi connectivity index (χ0n) is 14.7. The van der Waals surface area contributed by atoms with E-state index in [4.69, 9.17) is 9.84 Å². The van der Waals surface area contributed by atoms with Crippen molar-refractivity contribution in [1.82, 2.24) is 4.31 Å². The first kappa shape index (κ1) is 21.5. The third-order valence-corrected chi connectivity index (χ3v) is 5.89. The van der Waals surface area contributed by atoms with Crippen molar-refractivity contribution in [2.75, 3.05) is 20.2 Å². The van der Waals surface area contributed by atoms with Crippen LogP contribution in [0.5, 0.6) is 5.75 Å². The van der Waals surface area contributed by atoms with Crippen LogP contribution in [-0.4, -0.2) is 56.5 Å². The lowest BCUT2D eigenvalue weighted by molar-refractivity contribution is -0.274. The van der Waals surface area contributed by atoms with Gasteiger partial charge in [-0.25, -0.2) is 8.42 Å². The third-order valence-electron chi connectivity index (χ3n) is 4.09. The molecule has 0 spiro atoms. The second-order valence-corrected chi connectivity index (χ2v) is 8.27. The Kier molecular flexibility index (Phi) is 6.38. The molecule has 0 radical (unpaired) electrons. The van der Waals surface area contributed by atoms with E-state index < -0.39 is 38.9 Å². The average Bonchev–Trinajstić information content (AvgIpc) is 3.34. The summed E-state index contributed by atoms with van der Waals surface area (Å²) in [7, 11) is -2.81. The molecular weight excluding hydrogens is 391 g/mol. The number of carboxylic acid groups (broad SMARTS) is 1. The molecule has 1 N–H and O–H groups in total. The van der Waals surface area contributed by atoms with Crippen molar-refractivity contribution in [2.45, 2.75) is 43.0 Å². The van der Waals surface area contributed by atoms with Crippen LogP contribution >= 0.6 is 0 Å². The molecule has 0 aliphatic carbocycles. The summed E-state index contributed by atoms with van der Waals surface area (Å²) in [6, 6.07) is 3.00. The number of carboxylic acids is 1. The Morgan fingerprint density at radius 1 is 1.41 bits per heavy atom. The summed E-state index contributed by atoms with van der Waals surface area (Å²) in [6.45, 7) is 2.14. The summed E-state index contributed by atoms with van der Waals surface area (Å²) < 4.78 is 73.2. The molecule has 27 heavy (non-hydrogen) atoms. The molecule has 152 valence electrons. The molecule has 1 aromatic carbocycles. The molecule has 1 heterocycles. The molecule has 1 fully saturated rings. The first-order valence-corrected chi connectivity index (χ1v) is 9.57. The summed E-state index contributed by atoms with van der Waals surface area (Å²) in [4.78, 5) is 10.6. The van der Waals surface area contributed by atoms with E-state index in [1.165, 1.54) is 13.1 Å². The first-order chi connectivity index (χ1) is 12.4. The number of aliphatic carboxylic acids is 1. The quantitative estimate of drug-likeness (QED) is 0.628. The van der Waals surface area contributed by atoms with Gasteiger partial charge in [-0.2, -0.15) is 4.31 Å². The highest BCUT2D eigenvalue weighted by molar-refractivity contribution is 7.89. The van der Waals surface area contributed by atoms with Crippen molar-refractivity contribution in [3.05, 3.63) is 23.8 Å². The maximum Gasteiger partial charge on any atom is 0.573 e. The van der Waals surface area contributed by atoms with Crippen LogP contribution in [0.1, 0.15) is 31.2 Å². The summed E-state index contributed by atoms with van der Waals surface area (Å²) in [6.07, 6.45) is -5.30. The molecule has 7 nitrogen and oxygen atoms in total. The standard InChI is InChI=1S/C16H20F3NO6S/c1-3-10(6-15(21)22)11-4-12(26-16(17,18)19)7-14(5-11)27(23,24)20(2)8-13-9-25-13/h4-5,7,10,13H,3,6,8-9H2,1-2H3,(H,21,22)/t10-,13?/m0/s1. The van der Waals surface area contributed by atoms with E-state index in [-0.39, 0.29) is 24.6 Å². The van der Waals surface area contributed by atoms with E-state index in [1.807, 2.05) is 0 Å². The minimum absolute atomic E-state index is 0.0638. The van der Waals surface area contributed by atoms with Gasteiger partial charge in [-0.3, -0.25) is 4.79 Å². The van der Waals surface area contributed by atoms with Gasteiger partial charge >= 0.3 is 12.3 Å². The fourth-order valence-electron chi connectivity index (χ4n) is 2.62. The molecule has 1 aromatic rings. The number of likely N-dealkylation sites (N-methyl/N-ethyl adjacent to an activating group) is 1. The van der Waals surface area contributed by atoms with E-state index >= 15 is 0 Å². The lowest BCUT2D eigenvalue weighted by Crippen LogP contribution is -2.30. The van der Waals surface area contributed by atoms with Crippen LogP contribution < -0.4 is 4.74 Å². The number of nitrogens with zero attached hydrogens (tertiary/aromatic N) is 1. The minimum Gasteiger partial charge on any atom is -0.481 e. The number of rotatable bonds is 9. The Bertz CT molecular complexity index is 792. The number of halogens is 3. The van der Waals surface area contributed by atoms with Crippen LogP contribution in [0.3, 0.4) is 0 Å². The van der Waals surface area contributed by atoms with E-state index in [2.05, 4.69) is 4.74 Å². The zero-order valence-corrected chi connectivity index (χ0v) is 15.5. The van der Waals surface area contributed by atoms with E-state index in [9.17, 15) is 26.4 Å². The lowest BCUT2D eigenvalue weighted by atomic mass is 9.93. The number of ether oxygens (including phenoxy) is 2. The fraction of sp³-hybridized carbons (Fsp3) is 0.562. The van der Waals surface area contributed by atoms with E-state index in [1.54, 1.807) is 6.92 Å². The smallest absolute Gasteiger partial charge is 0.481 e. The number of carbonyl (C=O) groups is 1. The SMILES string of the molecule is CC[C@@H](CC(=O)O)c1cc(OC(F)(F)F)cc(S(=O)(=O)N(C)CC2CO2)c1. The lowest BCUT2D eigenvalue weighted by Gasteiger charge is -2.20. The predicted molar refractivity (Wildman–Crippen MR) is 88.0 cm³/mol. The second kappa shape index (κ2) is 8.03. The molecule has 1 aliphatic heterocycles. The molecule has 2 rings (SSSR count). The second-order valence-electron chi connectivity index (χ2n) is 6.23. The van der Waals surface area contributed by atoms with Crippen LogP contribution in [0.4, 0.5) is 13.2 Å². The molecule has 1 saturated heterocycles. The van der Waals surface area contributed by atoms with Gasteiger partial charge in [-0.15, -0.1) is 13.2 Å². The maximum atomic E-state index is 12.7. The van der Waals surface area contributed by atoms with E-state index in [0.29, 0.717) is 13.0 Å². The summed E-state index contributed by atoms with van der Waals surface area (Å²) >= 11 is 0. The summed E-state index contributed by atoms with van der Waals surface area (Å²) in [5.74, 6) is -2.51. The first-order valence-electron chi connectivity index (χ1n) is 8.13. The largest absolute Gasteiger partial charge is 0.573 e. The van der Waals surface area contributed by atoms with E-state index in [0.717, 1.165) is 16.4 Å². The molecule has 1 unspecified atom stereocenters. The summed E-state index contributed by atoms with van der Waals surface area (Å²) in [5.41, 5.74) is 0.149. The van der Waals surface area contributed by atoms with Crippen LogP contribution in [0.15, 0.2) is 23.1 Å². The monoisotopic (exact) mass is 411 g/mol. The van der Waals surface area contributed by atoms with Crippen molar-refractivity contribution < 1.29 is 41.0 Å². The number of epoxide rings is 1. The van der Waals surface area contributed by atoms with Crippen molar-refractivity contribution >= 4 is 16.0 Å². The number of sulfonamides is 1. The van der Waals surface area contributed by atoms with Crippen molar-refractivity contribution in [1.29, 1.82) is 0 Å². The molecule has 0 bridgehead atoms. The Morgan fingerprint density at radius 3 is 2.52 bits per heavy atom. The maximum absolute atomic E-state index is 12.7. The number of alkyl halides is 3. The molecule has 0 aromatic heterocycles. The Balaban J connectivity index is 2.46. The van der Waals surface area contributed by atoms with Crippen LogP contribution in [-0.2, 0) is 19.6 Å². The van der Waals surface area contributed by atoms with Gasteiger partial charge in [-0.1, -0.05) is 6.92 Å². The number of hydrogen-bond donors (Lipinski definition) is 1. The van der Waals surface area contributed by atoms with Crippen LogP contribution in [0.25, 0.3) is 0 Å². The highest BCUT2D eigenvalue weighted by Gasteiger charge is 2.34. The number of benzene rings is 1. The fourth-order valence-corrected chi connectivity index (χ4v) is 3.89. The topological polar surface area (TPSA) is 96.4 Å². The average molecular weight is 411 g/mol. The normalized spacial score (nSPS) is 18.4. The molecule has 0 amide bonds. The van der Waals surface area contributed by atoms with Gasteiger partial charge in [-0.05, 0) is 30.0 Å². The Hall–Kier alpha value is -1.85. The van der Waals surface area contributed by atoms with Crippen LogP contribution in [0, 0.1) is 0 Å². The van der Waals surface area contributed by atoms with Gasteiger partial charge in [0.1, 0.15) is 5.75 Å². The van der Waals surface area contributed by atoms with Gasteiger partial charge in [0.2, 0.25) is 10.0 Å². The highest BCUT2D eigenvalue weighted by atomic mass is 32.2. The minimum atomic E-state index is -5.01. The van der Waals surface area contributed by atoms with Gasteiger partial charge in [0, 0.05) is 19.7 Å². The highest BCUT2D eigenvalue weighted by Crippen LogP contribution is 2.33. The van der Waals surface area contributed by atoms with Crippen LogP contribution in [0.2, 0.25) is 0 Å². The van der Waals surface area contributed by atoms with Gasteiger partial charge in [0.05, 0.1) is 24.0 Å². The Morgan fingerprint density at radius 2 is 2.04 bits per heavy atom. The van der Waals surface area contributed by atoms with Crippen molar-refractivity contribution in [3.8, 4) is 5.75 Å². The van der Waals surface area contributed by atoms with Crippen molar-refractivity contribution in [3.63, 3.8) is 0 Å². The molecule has 11 heteroatoms. The van der Waals surface area contributed by atoms with Crippen molar-refractivity contribution in [2.24, 2.45) is 0 Å². The van der Waals surface area contributed by atoms with Gasteiger partial charge < -0.3 is 14.6 Å². The van der Waals surface area contributed by atoms with Gasteiger partial charge in [0.25, 0.3) is 0 Å². The molecular formula is C16H20F3NO6S. The zero-order chi connectivity index (χ0) is 20.4. The molecule has 1 aliphatic rings. The molecule has 2 atom stereocenters. The number of hydrogen-bond acceptors (Lipinski definition) is 5.